The summed E-state index contributed by atoms with van der Waals surface area (Å²) in [7, 11) is 0. The summed E-state index contributed by atoms with van der Waals surface area (Å²) >= 11 is 0. The van der Waals surface area contributed by atoms with Gasteiger partial charge < -0.3 is 19.5 Å². The second-order valence-electron chi connectivity index (χ2n) is 6.97. The van der Waals surface area contributed by atoms with Crippen molar-refractivity contribution in [1.29, 1.82) is 0 Å². The molecule has 0 amide bonds. The molecule has 1 N–H and O–H groups in total. The van der Waals surface area contributed by atoms with E-state index >= 15 is 0 Å². The minimum atomic E-state index is -0.0748. The summed E-state index contributed by atoms with van der Waals surface area (Å²) in [5.74, 6) is 0.889. The van der Waals surface area contributed by atoms with Crippen molar-refractivity contribution in [3.63, 3.8) is 0 Å². The van der Waals surface area contributed by atoms with Gasteiger partial charge in [-0.2, -0.15) is 0 Å². The molecule has 0 aliphatic carbocycles. The second kappa shape index (κ2) is 7.38. The lowest BCUT2D eigenvalue weighted by atomic mass is 9.95. The number of hydrogen-bond acceptors (Lipinski definition) is 4. The minimum Gasteiger partial charge on any atom is -0.373 e. The molecule has 2 aliphatic rings. The highest BCUT2D eigenvalue weighted by molar-refractivity contribution is 5.59. The Morgan fingerprint density at radius 1 is 1.12 bits per heavy atom. The molecule has 0 saturated carbocycles. The number of benzene rings is 1. The smallest absolute Gasteiger partial charge is 0.251 e. The van der Waals surface area contributed by atoms with E-state index in [1.54, 1.807) is 6.07 Å². The quantitative estimate of drug-likeness (QED) is 0.920. The molecule has 2 fully saturated rings. The first-order valence-corrected chi connectivity index (χ1v) is 9.31. The number of rotatable bonds is 3. The average molecular weight is 351 g/mol. The van der Waals surface area contributed by atoms with Crippen LogP contribution in [0.5, 0.6) is 0 Å². The molecule has 0 unspecified atom stereocenters. The molecule has 136 valence electrons. The molecule has 26 heavy (non-hydrogen) atoms. The van der Waals surface area contributed by atoms with E-state index in [1.165, 1.54) is 12.0 Å². The maximum absolute atomic E-state index is 12.4. The maximum Gasteiger partial charge on any atom is 0.251 e. The van der Waals surface area contributed by atoms with E-state index in [-0.39, 0.29) is 5.56 Å². The van der Waals surface area contributed by atoms with Crippen molar-refractivity contribution in [3.8, 4) is 0 Å². The van der Waals surface area contributed by atoms with Crippen LogP contribution in [0, 0.1) is 0 Å². The zero-order chi connectivity index (χ0) is 17.9. The topological polar surface area (TPSA) is 48.6 Å². The normalized spacial score (nSPS) is 21.1. The van der Waals surface area contributed by atoms with Crippen molar-refractivity contribution >= 4 is 11.5 Å². The Morgan fingerprint density at radius 3 is 2.77 bits per heavy atom. The molecular formula is C21H25N3O2. The molecule has 2 aromatic rings. The summed E-state index contributed by atoms with van der Waals surface area (Å²) in [5, 5.41) is 0. The van der Waals surface area contributed by atoms with Crippen molar-refractivity contribution in [2.45, 2.75) is 25.3 Å². The van der Waals surface area contributed by atoms with Gasteiger partial charge in [0.2, 0.25) is 0 Å². The van der Waals surface area contributed by atoms with Gasteiger partial charge in [-0.1, -0.05) is 36.9 Å². The van der Waals surface area contributed by atoms with Crippen LogP contribution in [0.25, 0.3) is 0 Å². The number of nitrogens with zero attached hydrogens (tertiary/aromatic N) is 2. The second-order valence-corrected chi connectivity index (χ2v) is 6.97. The van der Waals surface area contributed by atoms with Gasteiger partial charge in [-0.3, -0.25) is 4.79 Å². The van der Waals surface area contributed by atoms with E-state index in [4.69, 9.17) is 4.74 Å². The van der Waals surface area contributed by atoms with Crippen LogP contribution in [-0.2, 0) is 4.74 Å². The Morgan fingerprint density at radius 2 is 1.96 bits per heavy atom. The van der Waals surface area contributed by atoms with Crippen LogP contribution in [0.1, 0.15) is 30.9 Å². The molecule has 2 saturated heterocycles. The fourth-order valence-electron chi connectivity index (χ4n) is 3.96. The molecule has 1 aromatic carbocycles. The number of pyridine rings is 1. The number of anilines is 2. The number of aromatic amines is 1. The summed E-state index contributed by atoms with van der Waals surface area (Å²) in [6, 6.07) is 14.6. The Bertz CT molecular complexity index is 831. The Balaban J connectivity index is 1.69. The SMILES string of the molecule is C=C1COCCN1c1cc(N2CCCC[C@@H]2c2ccccc2)[nH]c(=O)c1. The minimum absolute atomic E-state index is 0.0748. The van der Waals surface area contributed by atoms with Gasteiger partial charge in [0.15, 0.2) is 0 Å². The summed E-state index contributed by atoms with van der Waals surface area (Å²) in [6.07, 6.45) is 3.45. The highest BCUT2D eigenvalue weighted by Crippen LogP contribution is 2.35. The highest BCUT2D eigenvalue weighted by Gasteiger charge is 2.26. The van der Waals surface area contributed by atoms with Gasteiger partial charge in [-0.05, 0) is 24.8 Å². The number of H-pyrrole nitrogens is 1. The first-order valence-electron chi connectivity index (χ1n) is 9.31. The van der Waals surface area contributed by atoms with Crippen molar-refractivity contribution in [2.75, 3.05) is 36.1 Å². The molecule has 5 heteroatoms. The lowest BCUT2D eigenvalue weighted by molar-refractivity contribution is 0.143. The van der Waals surface area contributed by atoms with Gasteiger partial charge in [0.1, 0.15) is 5.82 Å². The van der Waals surface area contributed by atoms with Crippen LogP contribution in [0.15, 0.2) is 59.5 Å². The number of ether oxygens (including phenoxy) is 1. The molecule has 4 rings (SSSR count). The van der Waals surface area contributed by atoms with E-state index in [0.29, 0.717) is 19.3 Å². The lowest BCUT2D eigenvalue weighted by Gasteiger charge is -2.38. The van der Waals surface area contributed by atoms with Gasteiger partial charge in [-0.15, -0.1) is 0 Å². The Labute approximate surface area is 153 Å². The number of piperidine rings is 1. The van der Waals surface area contributed by atoms with Crippen molar-refractivity contribution < 1.29 is 4.74 Å². The molecule has 1 aromatic heterocycles. The molecule has 1 atom stereocenters. The van der Waals surface area contributed by atoms with E-state index in [2.05, 4.69) is 51.7 Å². The fraction of sp³-hybridized carbons (Fsp3) is 0.381. The first-order chi connectivity index (χ1) is 12.7. The van der Waals surface area contributed by atoms with Crippen molar-refractivity contribution in [3.05, 3.63) is 70.7 Å². The van der Waals surface area contributed by atoms with Crippen molar-refractivity contribution in [1.82, 2.24) is 4.98 Å². The van der Waals surface area contributed by atoms with E-state index in [1.807, 2.05) is 6.07 Å². The van der Waals surface area contributed by atoms with E-state index < -0.39 is 0 Å². The molecule has 0 spiro atoms. The zero-order valence-electron chi connectivity index (χ0n) is 15.0. The number of morpholine rings is 1. The van der Waals surface area contributed by atoms with Gasteiger partial charge in [0, 0.05) is 30.9 Å². The predicted molar refractivity (Wildman–Crippen MR) is 105 cm³/mol. The Hall–Kier alpha value is -2.53. The summed E-state index contributed by atoms with van der Waals surface area (Å²) in [5.41, 5.74) is 3.02. The number of aromatic nitrogens is 1. The average Bonchev–Trinajstić information content (AvgIpc) is 2.68. The third kappa shape index (κ3) is 3.40. The summed E-state index contributed by atoms with van der Waals surface area (Å²) < 4.78 is 5.45. The number of nitrogens with one attached hydrogen (secondary N) is 1. The maximum atomic E-state index is 12.4. The molecule has 3 heterocycles. The van der Waals surface area contributed by atoms with E-state index in [9.17, 15) is 4.79 Å². The molecule has 0 radical (unpaired) electrons. The van der Waals surface area contributed by atoms with Crippen LogP contribution in [0.2, 0.25) is 0 Å². The Kier molecular flexibility index (Phi) is 4.80. The van der Waals surface area contributed by atoms with Crippen LogP contribution in [-0.4, -0.2) is 31.3 Å². The summed E-state index contributed by atoms with van der Waals surface area (Å²) in [4.78, 5) is 19.9. The lowest BCUT2D eigenvalue weighted by Crippen LogP contribution is -2.37. The third-order valence-electron chi connectivity index (χ3n) is 5.23. The summed E-state index contributed by atoms with van der Waals surface area (Å²) in [6.45, 7) is 6.92. The molecular weight excluding hydrogens is 326 g/mol. The van der Waals surface area contributed by atoms with Crippen LogP contribution < -0.4 is 15.4 Å². The standard InChI is InChI=1S/C21H25N3O2/c1-16-15-26-12-11-23(16)18-13-20(22-21(25)14-18)24-10-6-5-9-19(24)17-7-3-2-4-8-17/h2-4,7-8,13-14,19H,1,5-6,9-12,15H2,(H,22,25)/t19-/m1/s1. The first kappa shape index (κ1) is 16.9. The van der Waals surface area contributed by atoms with Gasteiger partial charge in [0.05, 0.1) is 24.9 Å². The van der Waals surface area contributed by atoms with Crippen LogP contribution in [0.3, 0.4) is 0 Å². The molecule has 0 bridgehead atoms. The molecule has 5 nitrogen and oxygen atoms in total. The van der Waals surface area contributed by atoms with Crippen molar-refractivity contribution in [2.24, 2.45) is 0 Å². The monoisotopic (exact) mass is 351 g/mol. The zero-order valence-corrected chi connectivity index (χ0v) is 15.0. The van der Waals surface area contributed by atoms with Crippen LogP contribution in [0.4, 0.5) is 11.5 Å². The van der Waals surface area contributed by atoms with Crippen LogP contribution >= 0.6 is 0 Å². The molecule has 2 aliphatic heterocycles. The van der Waals surface area contributed by atoms with Gasteiger partial charge in [0.25, 0.3) is 5.56 Å². The van der Waals surface area contributed by atoms with Gasteiger partial charge >= 0.3 is 0 Å². The fourth-order valence-corrected chi connectivity index (χ4v) is 3.96. The van der Waals surface area contributed by atoms with E-state index in [0.717, 1.165) is 43.1 Å². The predicted octanol–water partition coefficient (Wildman–Crippen LogP) is 3.46. The third-order valence-corrected chi connectivity index (χ3v) is 5.23. The largest absolute Gasteiger partial charge is 0.373 e. The highest BCUT2D eigenvalue weighted by atomic mass is 16.5. The number of hydrogen-bond donors (Lipinski definition) is 1. The van der Waals surface area contributed by atoms with Gasteiger partial charge in [-0.25, -0.2) is 0 Å².